The lowest BCUT2D eigenvalue weighted by Gasteiger charge is -2.28. The van der Waals surface area contributed by atoms with E-state index in [-0.39, 0.29) is 29.2 Å². The number of hydrogen-bond acceptors (Lipinski definition) is 5. The van der Waals surface area contributed by atoms with Gasteiger partial charge in [0.25, 0.3) is 5.91 Å². The molecule has 0 radical (unpaired) electrons. The summed E-state index contributed by atoms with van der Waals surface area (Å²) >= 11 is 0. The van der Waals surface area contributed by atoms with Crippen molar-refractivity contribution in [2.75, 3.05) is 34.7 Å². The molecule has 2 aliphatic heterocycles. The lowest BCUT2D eigenvalue weighted by Crippen LogP contribution is -2.41. The van der Waals surface area contributed by atoms with Gasteiger partial charge in [-0.25, -0.2) is 16.8 Å². The third-order valence-electron chi connectivity index (χ3n) is 5.16. The lowest BCUT2D eigenvalue weighted by atomic mass is 10.1. The van der Waals surface area contributed by atoms with E-state index in [0.29, 0.717) is 37.2 Å². The molecule has 2 aliphatic rings. The quantitative estimate of drug-likeness (QED) is 0.706. The van der Waals surface area contributed by atoms with Crippen molar-refractivity contribution in [3.05, 3.63) is 29.8 Å². The van der Waals surface area contributed by atoms with E-state index < -0.39 is 19.9 Å². The van der Waals surface area contributed by atoms with Crippen molar-refractivity contribution >= 4 is 31.5 Å². The second-order valence-corrected chi connectivity index (χ2v) is 11.4. The van der Waals surface area contributed by atoms with E-state index in [9.17, 15) is 21.6 Å². The van der Waals surface area contributed by atoms with E-state index in [1.807, 2.05) is 6.92 Å². The van der Waals surface area contributed by atoms with Gasteiger partial charge in [0.05, 0.1) is 22.9 Å². The first-order valence-corrected chi connectivity index (χ1v) is 12.8. The molecule has 1 atom stereocenters. The van der Waals surface area contributed by atoms with E-state index in [4.69, 9.17) is 0 Å². The van der Waals surface area contributed by atoms with Gasteiger partial charge in [0.15, 0.2) is 9.84 Å². The number of hydrogen-bond donors (Lipinski definition) is 0. The van der Waals surface area contributed by atoms with Crippen molar-refractivity contribution < 1.29 is 21.6 Å². The van der Waals surface area contributed by atoms with E-state index in [2.05, 4.69) is 0 Å². The van der Waals surface area contributed by atoms with Gasteiger partial charge in [0.1, 0.15) is 0 Å². The van der Waals surface area contributed by atoms with Crippen molar-refractivity contribution in [1.82, 2.24) is 4.90 Å². The average Bonchev–Trinajstić information content (AvgIpc) is 3.16. The predicted octanol–water partition coefficient (Wildman–Crippen LogP) is 1.66. The van der Waals surface area contributed by atoms with Crippen molar-refractivity contribution in [2.45, 2.75) is 38.6 Å². The smallest absolute Gasteiger partial charge is 0.254 e. The monoisotopic (exact) mass is 414 g/mol. The second kappa shape index (κ2) is 7.79. The molecule has 0 bridgehead atoms. The maximum absolute atomic E-state index is 13.0. The van der Waals surface area contributed by atoms with E-state index in [1.165, 1.54) is 4.31 Å². The Morgan fingerprint density at radius 3 is 2.37 bits per heavy atom. The molecule has 1 amide bonds. The third kappa shape index (κ3) is 4.45. The molecule has 2 heterocycles. The van der Waals surface area contributed by atoms with Gasteiger partial charge in [-0.15, -0.1) is 0 Å². The second-order valence-electron chi connectivity index (χ2n) is 7.20. The van der Waals surface area contributed by atoms with Crippen LogP contribution < -0.4 is 4.31 Å². The highest BCUT2D eigenvalue weighted by atomic mass is 32.2. The summed E-state index contributed by atoms with van der Waals surface area (Å²) in [6, 6.07) is 6.29. The van der Waals surface area contributed by atoms with Gasteiger partial charge in [0.2, 0.25) is 10.0 Å². The summed E-state index contributed by atoms with van der Waals surface area (Å²) in [4.78, 5) is 14.7. The number of carbonyl (C=O) groups excluding carboxylic acids is 1. The Morgan fingerprint density at radius 2 is 1.85 bits per heavy atom. The molecule has 0 aliphatic carbocycles. The topological polar surface area (TPSA) is 91.8 Å². The SMILES string of the molecule is CCCCN(C(=O)c1ccc(N2CCCS2(=O)=O)cc1)C1CCS(=O)(=O)C1. The van der Waals surface area contributed by atoms with Crippen LogP contribution in [-0.4, -0.2) is 64.0 Å². The molecule has 1 aromatic rings. The predicted molar refractivity (Wildman–Crippen MR) is 105 cm³/mol. The fraction of sp³-hybridized carbons (Fsp3) is 0.611. The third-order valence-corrected chi connectivity index (χ3v) is 8.78. The molecular formula is C18H26N2O5S2. The number of amides is 1. The summed E-state index contributed by atoms with van der Waals surface area (Å²) in [5.41, 5.74) is 1.02. The largest absolute Gasteiger partial charge is 0.335 e. The summed E-state index contributed by atoms with van der Waals surface area (Å²) in [5, 5.41) is 0. The Balaban J connectivity index is 1.79. The molecule has 0 aromatic heterocycles. The molecule has 0 saturated carbocycles. The zero-order chi connectivity index (χ0) is 19.7. The molecule has 1 aromatic carbocycles. The van der Waals surface area contributed by atoms with Crippen molar-refractivity contribution in [1.29, 1.82) is 0 Å². The number of anilines is 1. The van der Waals surface area contributed by atoms with E-state index >= 15 is 0 Å². The highest BCUT2D eigenvalue weighted by Crippen LogP contribution is 2.26. The van der Waals surface area contributed by atoms with Crippen LogP contribution in [-0.2, 0) is 19.9 Å². The van der Waals surface area contributed by atoms with Gasteiger partial charge >= 0.3 is 0 Å². The number of sulfonamides is 1. The molecule has 2 fully saturated rings. The van der Waals surface area contributed by atoms with E-state index in [0.717, 1.165) is 12.8 Å². The van der Waals surface area contributed by atoms with Gasteiger partial charge in [0, 0.05) is 24.7 Å². The normalized spacial score (nSPS) is 23.4. The van der Waals surface area contributed by atoms with Crippen LogP contribution in [0.25, 0.3) is 0 Å². The minimum Gasteiger partial charge on any atom is -0.335 e. The first-order valence-electron chi connectivity index (χ1n) is 9.35. The zero-order valence-electron chi connectivity index (χ0n) is 15.5. The van der Waals surface area contributed by atoms with Crippen molar-refractivity contribution in [3.8, 4) is 0 Å². The highest BCUT2D eigenvalue weighted by molar-refractivity contribution is 7.93. The number of nitrogens with zero attached hydrogens (tertiary/aromatic N) is 2. The summed E-state index contributed by atoms with van der Waals surface area (Å²) in [6.07, 6.45) is 2.80. The minimum absolute atomic E-state index is 0.0204. The molecule has 0 N–H and O–H groups in total. The van der Waals surface area contributed by atoms with Crippen LogP contribution in [0.15, 0.2) is 24.3 Å². The highest BCUT2D eigenvalue weighted by Gasteiger charge is 2.35. The van der Waals surface area contributed by atoms with Gasteiger partial charge in [-0.3, -0.25) is 9.10 Å². The molecular weight excluding hydrogens is 388 g/mol. The molecule has 7 nitrogen and oxygen atoms in total. The molecule has 27 heavy (non-hydrogen) atoms. The number of benzene rings is 1. The Bertz CT molecular complexity index is 894. The number of sulfone groups is 1. The molecule has 3 rings (SSSR count). The van der Waals surface area contributed by atoms with Gasteiger partial charge in [-0.05, 0) is 43.5 Å². The van der Waals surface area contributed by atoms with Crippen LogP contribution in [0.4, 0.5) is 5.69 Å². The van der Waals surface area contributed by atoms with Crippen LogP contribution in [0.5, 0.6) is 0 Å². The van der Waals surface area contributed by atoms with Crippen LogP contribution in [0.2, 0.25) is 0 Å². The zero-order valence-corrected chi connectivity index (χ0v) is 17.1. The van der Waals surface area contributed by atoms with E-state index in [1.54, 1.807) is 29.2 Å². The molecule has 150 valence electrons. The first kappa shape index (κ1) is 20.1. The fourth-order valence-corrected chi connectivity index (χ4v) is 6.96. The Hall–Kier alpha value is -1.61. The lowest BCUT2D eigenvalue weighted by molar-refractivity contribution is 0.0694. The Kier molecular flexibility index (Phi) is 5.81. The average molecular weight is 415 g/mol. The van der Waals surface area contributed by atoms with Crippen molar-refractivity contribution in [2.24, 2.45) is 0 Å². The summed E-state index contributed by atoms with van der Waals surface area (Å²) in [5.74, 6) is 0.0990. The molecule has 0 spiro atoms. The van der Waals surface area contributed by atoms with Crippen LogP contribution in [0.3, 0.4) is 0 Å². The van der Waals surface area contributed by atoms with Crippen LogP contribution in [0.1, 0.15) is 43.0 Å². The summed E-state index contributed by atoms with van der Waals surface area (Å²) < 4.78 is 49.1. The Labute approximate surface area is 161 Å². The van der Waals surface area contributed by atoms with Crippen LogP contribution >= 0.6 is 0 Å². The number of unbranched alkanes of at least 4 members (excludes halogenated alkanes) is 1. The molecule has 2 saturated heterocycles. The van der Waals surface area contributed by atoms with Gasteiger partial charge in [-0.2, -0.15) is 0 Å². The minimum atomic E-state index is -3.26. The maximum Gasteiger partial charge on any atom is 0.254 e. The molecule has 1 unspecified atom stereocenters. The molecule has 9 heteroatoms. The standard InChI is InChI=1S/C18H26N2O5S2/c1-2-3-10-19(17-9-13-26(22,23)14-17)18(21)15-5-7-16(8-6-15)20-11-4-12-27(20,24)25/h5-8,17H,2-4,9-14H2,1H3. The fourth-order valence-electron chi connectivity index (χ4n) is 3.67. The van der Waals surface area contributed by atoms with Crippen LogP contribution in [0, 0.1) is 0 Å². The number of rotatable bonds is 6. The van der Waals surface area contributed by atoms with Gasteiger partial charge in [-0.1, -0.05) is 13.3 Å². The summed E-state index contributed by atoms with van der Waals surface area (Å²) in [7, 11) is -6.34. The van der Waals surface area contributed by atoms with Crippen molar-refractivity contribution in [3.63, 3.8) is 0 Å². The Morgan fingerprint density at radius 1 is 1.15 bits per heavy atom. The summed E-state index contributed by atoms with van der Waals surface area (Å²) in [6.45, 7) is 3.01. The maximum atomic E-state index is 13.0. The number of carbonyl (C=O) groups is 1. The first-order chi connectivity index (χ1) is 12.7. The van der Waals surface area contributed by atoms with Gasteiger partial charge < -0.3 is 4.90 Å².